The third-order valence-electron chi connectivity index (χ3n) is 4.93. The molecule has 0 saturated carbocycles. The second-order valence-electron chi connectivity index (χ2n) is 6.88. The van der Waals surface area contributed by atoms with Crippen molar-refractivity contribution in [2.75, 3.05) is 0 Å². The van der Waals surface area contributed by atoms with Crippen LogP contribution >= 0.6 is 0 Å². The Bertz CT molecular complexity index is 1180. The van der Waals surface area contributed by atoms with Crippen LogP contribution in [0.4, 0.5) is 0 Å². The molecule has 5 heteroatoms. The van der Waals surface area contributed by atoms with E-state index in [1.54, 1.807) is 6.92 Å². The molecule has 1 aromatic carbocycles. The van der Waals surface area contributed by atoms with Gasteiger partial charge in [0.25, 0.3) is 0 Å². The van der Waals surface area contributed by atoms with Crippen molar-refractivity contribution >= 4 is 28.0 Å². The molecule has 5 nitrogen and oxygen atoms in total. The Morgan fingerprint density at radius 2 is 1.93 bits per heavy atom. The van der Waals surface area contributed by atoms with E-state index < -0.39 is 5.63 Å². The van der Waals surface area contributed by atoms with E-state index in [0.717, 1.165) is 19.3 Å². The number of hydrogen-bond acceptors (Lipinski definition) is 5. The Kier molecular flexibility index (Phi) is 4.38. The summed E-state index contributed by atoms with van der Waals surface area (Å²) in [6, 6.07) is 4.16. The van der Waals surface area contributed by atoms with Crippen LogP contribution in [0, 0.1) is 13.0 Å². The third-order valence-corrected chi connectivity index (χ3v) is 4.93. The second kappa shape index (κ2) is 6.72. The number of fused-ring (bicyclic) bond motifs is 6. The van der Waals surface area contributed by atoms with Crippen LogP contribution in [0.5, 0.6) is 5.75 Å². The van der Waals surface area contributed by atoms with E-state index in [-0.39, 0.29) is 22.5 Å². The molecule has 0 fully saturated rings. The SMILES string of the molecule is CCCCC1C=Cc2c(c3c(CC)[c]c(=O)oc3c3c(=O)cc(C)oc23)O1. The average molecular weight is 365 g/mol. The van der Waals surface area contributed by atoms with Crippen molar-refractivity contribution in [1.29, 1.82) is 0 Å². The number of benzene rings is 1. The van der Waals surface area contributed by atoms with Gasteiger partial charge in [-0.1, -0.05) is 20.3 Å². The summed E-state index contributed by atoms with van der Waals surface area (Å²) in [6.07, 6.45) is 7.48. The van der Waals surface area contributed by atoms with Gasteiger partial charge in [-0.3, -0.25) is 4.79 Å². The van der Waals surface area contributed by atoms with Crippen molar-refractivity contribution in [3.63, 3.8) is 0 Å². The van der Waals surface area contributed by atoms with Crippen molar-refractivity contribution < 1.29 is 13.6 Å². The fourth-order valence-corrected chi connectivity index (χ4v) is 3.65. The molecule has 139 valence electrons. The highest BCUT2D eigenvalue weighted by Gasteiger charge is 2.26. The van der Waals surface area contributed by atoms with Crippen molar-refractivity contribution in [2.45, 2.75) is 52.6 Å². The molecule has 0 saturated heterocycles. The topological polar surface area (TPSA) is 69.7 Å². The lowest BCUT2D eigenvalue weighted by Gasteiger charge is -2.24. The van der Waals surface area contributed by atoms with Crippen LogP contribution in [0.1, 0.15) is 50.0 Å². The van der Waals surface area contributed by atoms with Crippen molar-refractivity contribution in [2.24, 2.45) is 0 Å². The molecule has 0 spiro atoms. The number of aryl methyl sites for hydroxylation is 2. The number of ether oxygens (including phenoxy) is 1. The summed E-state index contributed by atoms with van der Waals surface area (Å²) >= 11 is 0. The van der Waals surface area contributed by atoms with Crippen LogP contribution in [0.3, 0.4) is 0 Å². The van der Waals surface area contributed by atoms with E-state index in [2.05, 4.69) is 13.0 Å². The zero-order valence-corrected chi connectivity index (χ0v) is 15.7. The van der Waals surface area contributed by atoms with E-state index in [0.29, 0.717) is 40.0 Å². The van der Waals surface area contributed by atoms with Crippen LogP contribution in [0.2, 0.25) is 0 Å². The minimum atomic E-state index is -0.602. The maximum Gasteiger partial charge on any atom is 0.344 e. The lowest BCUT2D eigenvalue weighted by molar-refractivity contribution is 0.234. The summed E-state index contributed by atoms with van der Waals surface area (Å²) in [5.74, 6) is 1.10. The molecule has 3 heterocycles. The fraction of sp³-hybridized carbons (Fsp3) is 0.364. The first kappa shape index (κ1) is 17.6. The molecule has 4 rings (SSSR count). The van der Waals surface area contributed by atoms with Crippen LogP contribution in [0.15, 0.2) is 30.6 Å². The summed E-state index contributed by atoms with van der Waals surface area (Å²) in [4.78, 5) is 24.8. The van der Waals surface area contributed by atoms with Crippen molar-refractivity contribution in [3.05, 3.63) is 55.7 Å². The van der Waals surface area contributed by atoms with E-state index in [9.17, 15) is 9.59 Å². The van der Waals surface area contributed by atoms with E-state index >= 15 is 0 Å². The van der Waals surface area contributed by atoms with Gasteiger partial charge in [0.15, 0.2) is 16.6 Å². The molecule has 3 aromatic rings. The van der Waals surface area contributed by atoms with Crippen molar-refractivity contribution in [3.8, 4) is 5.75 Å². The van der Waals surface area contributed by atoms with E-state index in [1.165, 1.54) is 6.07 Å². The van der Waals surface area contributed by atoms with E-state index in [1.807, 2.05) is 19.1 Å². The summed E-state index contributed by atoms with van der Waals surface area (Å²) in [5.41, 5.74) is 1.17. The fourth-order valence-electron chi connectivity index (χ4n) is 3.65. The van der Waals surface area contributed by atoms with Crippen LogP contribution in [-0.2, 0) is 6.42 Å². The Morgan fingerprint density at radius 1 is 1.11 bits per heavy atom. The number of rotatable bonds is 4. The molecule has 1 atom stereocenters. The quantitative estimate of drug-likeness (QED) is 0.502. The van der Waals surface area contributed by atoms with Gasteiger partial charge in [-0.25, -0.2) is 4.79 Å². The molecule has 0 bridgehead atoms. The Hall–Kier alpha value is -2.82. The first-order valence-corrected chi connectivity index (χ1v) is 9.37. The summed E-state index contributed by atoms with van der Waals surface area (Å²) in [5, 5.41) is 0.914. The molecule has 1 aliphatic heterocycles. The number of unbranched alkanes of at least 4 members (excludes halogenated alkanes) is 1. The molecular formula is C22H21O5. The van der Waals surface area contributed by atoms with Gasteiger partial charge in [0.1, 0.15) is 23.0 Å². The largest absolute Gasteiger partial charge is 0.485 e. The van der Waals surface area contributed by atoms with Gasteiger partial charge in [-0.2, -0.15) is 0 Å². The highest BCUT2D eigenvalue weighted by molar-refractivity contribution is 6.10. The average Bonchev–Trinajstić information content (AvgIpc) is 2.64. The van der Waals surface area contributed by atoms with Gasteiger partial charge in [0.2, 0.25) is 0 Å². The monoisotopic (exact) mass is 365 g/mol. The second-order valence-corrected chi connectivity index (χ2v) is 6.88. The molecule has 1 unspecified atom stereocenters. The summed E-state index contributed by atoms with van der Waals surface area (Å²) in [6.45, 7) is 5.80. The molecule has 0 N–H and O–H groups in total. The molecule has 27 heavy (non-hydrogen) atoms. The van der Waals surface area contributed by atoms with Crippen LogP contribution in [0.25, 0.3) is 28.0 Å². The highest BCUT2D eigenvalue weighted by Crippen LogP contribution is 2.42. The smallest absolute Gasteiger partial charge is 0.344 e. The maximum atomic E-state index is 12.7. The van der Waals surface area contributed by atoms with Gasteiger partial charge in [-0.05, 0) is 43.9 Å². The lowest BCUT2D eigenvalue weighted by Crippen LogP contribution is -2.18. The molecule has 0 amide bonds. The zero-order chi connectivity index (χ0) is 19.1. The van der Waals surface area contributed by atoms with Gasteiger partial charge in [-0.15, -0.1) is 0 Å². The van der Waals surface area contributed by atoms with Crippen LogP contribution < -0.4 is 15.8 Å². The minimum absolute atomic E-state index is 0.0636. The molecular weight excluding hydrogens is 344 g/mol. The third kappa shape index (κ3) is 2.87. The predicted octanol–water partition coefficient (Wildman–Crippen LogP) is 4.53. The van der Waals surface area contributed by atoms with Crippen LogP contribution in [-0.4, -0.2) is 6.10 Å². The first-order valence-electron chi connectivity index (χ1n) is 9.37. The van der Waals surface area contributed by atoms with Gasteiger partial charge in [0.05, 0.1) is 17.0 Å². The normalized spacial score (nSPS) is 15.9. The lowest BCUT2D eigenvalue weighted by atomic mass is 9.97. The Balaban J connectivity index is 2.14. The first-order chi connectivity index (χ1) is 13.0. The Labute approximate surface area is 156 Å². The minimum Gasteiger partial charge on any atom is -0.485 e. The highest BCUT2D eigenvalue weighted by atomic mass is 16.5. The summed E-state index contributed by atoms with van der Waals surface area (Å²) in [7, 11) is 0. The Morgan fingerprint density at radius 3 is 2.67 bits per heavy atom. The van der Waals surface area contributed by atoms with Gasteiger partial charge >= 0.3 is 5.63 Å². The summed E-state index contributed by atoms with van der Waals surface area (Å²) < 4.78 is 17.6. The number of hydrogen-bond donors (Lipinski definition) is 0. The van der Waals surface area contributed by atoms with E-state index in [4.69, 9.17) is 13.6 Å². The maximum absolute atomic E-state index is 12.7. The standard InChI is InChI=1S/C22H21O5/c1-4-6-7-14-8-9-15-20(26-14)18-13(5-2)11-17(24)27-22(18)19-16(23)10-12(3)25-21(15)19/h8-10,14H,4-7H2,1-3H3. The predicted molar refractivity (Wildman–Crippen MR) is 104 cm³/mol. The van der Waals surface area contributed by atoms with Gasteiger partial charge < -0.3 is 13.6 Å². The molecule has 2 aromatic heterocycles. The molecule has 0 aliphatic carbocycles. The molecule has 1 aliphatic rings. The zero-order valence-electron chi connectivity index (χ0n) is 15.7. The van der Waals surface area contributed by atoms with Gasteiger partial charge in [0, 0.05) is 6.07 Å². The van der Waals surface area contributed by atoms with Crippen molar-refractivity contribution in [1.82, 2.24) is 0 Å². The molecule has 1 radical (unpaired) electrons.